The zero-order valence-corrected chi connectivity index (χ0v) is 15.4. The molecule has 1 unspecified atom stereocenters. The average molecular weight is 381 g/mol. The Morgan fingerprint density at radius 3 is 2.93 bits per heavy atom. The Bertz CT molecular complexity index is 923. The van der Waals surface area contributed by atoms with Crippen LogP contribution in [0.1, 0.15) is 39.1 Å². The van der Waals surface area contributed by atoms with E-state index in [0.29, 0.717) is 17.1 Å². The molecule has 0 bridgehead atoms. The molecule has 0 aliphatic carbocycles. The standard InChI is InChI=1S/C19H19N5O2S/c25-18(12-13-4-1-2-9-20-13)24-11-3-5-14(24)15-6-7-16(27-15)19(26)22-17-8-10-21-23-17/h1-2,4,6-10,14H,3,5,11-12H2,(H2,21,22,23,26). The van der Waals surface area contributed by atoms with E-state index in [-0.39, 0.29) is 17.9 Å². The maximum absolute atomic E-state index is 12.8. The molecule has 0 spiro atoms. The molecule has 3 aromatic rings. The fourth-order valence-electron chi connectivity index (χ4n) is 3.28. The Hall–Kier alpha value is -3.00. The van der Waals surface area contributed by atoms with Gasteiger partial charge in [-0.25, -0.2) is 0 Å². The van der Waals surface area contributed by atoms with Crippen molar-refractivity contribution in [1.29, 1.82) is 0 Å². The van der Waals surface area contributed by atoms with E-state index >= 15 is 0 Å². The van der Waals surface area contributed by atoms with Crippen LogP contribution in [0.25, 0.3) is 0 Å². The number of likely N-dealkylation sites (tertiary alicyclic amines) is 1. The van der Waals surface area contributed by atoms with Gasteiger partial charge >= 0.3 is 0 Å². The number of anilines is 1. The lowest BCUT2D eigenvalue weighted by Gasteiger charge is -2.23. The molecule has 1 aliphatic rings. The first kappa shape index (κ1) is 17.4. The number of hydrogen-bond acceptors (Lipinski definition) is 5. The first-order valence-corrected chi connectivity index (χ1v) is 9.62. The van der Waals surface area contributed by atoms with Crippen LogP contribution in [0.2, 0.25) is 0 Å². The lowest BCUT2D eigenvalue weighted by molar-refractivity contribution is -0.131. The number of carbonyl (C=O) groups is 2. The molecule has 8 heteroatoms. The third-order valence-corrected chi connectivity index (χ3v) is 5.74. The van der Waals surface area contributed by atoms with Crippen LogP contribution in [-0.4, -0.2) is 38.4 Å². The molecule has 27 heavy (non-hydrogen) atoms. The van der Waals surface area contributed by atoms with Crippen molar-refractivity contribution in [3.05, 3.63) is 64.2 Å². The Kier molecular flexibility index (Phi) is 4.97. The summed E-state index contributed by atoms with van der Waals surface area (Å²) in [6, 6.07) is 11.1. The van der Waals surface area contributed by atoms with Gasteiger partial charge in [-0.15, -0.1) is 11.3 Å². The van der Waals surface area contributed by atoms with E-state index in [0.717, 1.165) is 30.0 Å². The molecule has 138 valence electrons. The number of thiophene rings is 1. The monoisotopic (exact) mass is 381 g/mol. The highest BCUT2D eigenvalue weighted by molar-refractivity contribution is 7.14. The number of amides is 2. The van der Waals surface area contributed by atoms with Crippen molar-refractivity contribution in [3.8, 4) is 0 Å². The zero-order chi connectivity index (χ0) is 18.6. The molecule has 2 N–H and O–H groups in total. The highest BCUT2D eigenvalue weighted by atomic mass is 32.1. The van der Waals surface area contributed by atoms with Gasteiger partial charge in [-0.05, 0) is 37.1 Å². The van der Waals surface area contributed by atoms with E-state index in [1.165, 1.54) is 11.3 Å². The van der Waals surface area contributed by atoms with Crippen molar-refractivity contribution in [1.82, 2.24) is 20.1 Å². The smallest absolute Gasteiger partial charge is 0.266 e. The lowest BCUT2D eigenvalue weighted by Crippen LogP contribution is -2.31. The van der Waals surface area contributed by atoms with Crippen molar-refractivity contribution < 1.29 is 9.59 Å². The second-order valence-corrected chi connectivity index (χ2v) is 7.48. The molecule has 3 aromatic heterocycles. The summed E-state index contributed by atoms with van der Waals surface area (Å²) in [4.78, 5) is 32.9. The second kappa shape index (κ2) is 7.71. The summed E-state index contributed by atoms with van der Waals surface area (Å²) in [5, 5.41) is 9.30. The fourth-order valence-corrected chi connectivity index (χ4v) is 4.33. The highest BCUT2D eigenvalue weighted by Gasteiger charge is 2.31. The second-order valence-electron chi connectivity index (χ2n) is 6.37. The van der Waals surface area contributed by atoms with Gasteiger partial charge in [-0.2, -0.15) is 5.10 Å². The summed E-state index contributed by atoms with van der Waals surface area (Å²) in [7, 11) is 0. The predicted octanol–water partition coefficient (Wildman–Crippen LogP) is 3.02. The first-order valence-electron chi connectivity index (χ1n) is 8.80. The van der Waals surface area contributed by atoms with E-state index in [2.05, 4.69) is 20.5 Å². The van der Waals surface area contributed by atoms with Crippen molar-refractivity contribution in [2.24, 2.45) is 0 Å². The molecule has 0 saturated carbocycles. The van der Waals surface area contributed by atoms with E-state index in [4.69, 9.17) is 0 Å². The van der Waals surface area contributed by atoms with E-state index in [9.17, 15) is 9.59 Å². The zero-order valence-electron chi connectivity index (χ0n) is 14.6. The van der Waals surface area contributed by atoms with Gasteiger partial charge in [0.25, 0.3) is 5.91 Å². The van der Waals surface area contributed by atoms with Crippen LogP contribution in [0.3, 0.4) is 0 Å². The SMILES string of the molecule is O=C(Nc1ccn[nH]1)c1ccc(C2CCCN2C(=O)Cc2ccccn2)s1. The van der Waals surface area contributed by atoms with Crippen molar-refractivity contribution in [2.45, 2.75) is 25.3 Å². The van der Waals surface area contributed by atoms with Gasteiger partial charge in [0.1, 0.15) is 5.82 Å². The maximum atomic E-state index is 12.8. The van der Waals surface area contributed by atoms with Gasteiger partial charge in [-0.1, -0.05) is 6.07 Å². The first-order chi connectivity index (χ1) is 13.2. The molecule has 4 rings (SSSR count). The van der Waals surface area contributed by atoms with Gasteiger partial charge in [0.15, 0.2) is 0 Å². The van der Waals surface area contributed by atoms with Crippen LogP contribution in [0, 0.1) is 0 Å². The maximum Gasteiger partial charge on any atom is 0.266 e. The number of hydrogen-bond donors (Lipinski definition) is 2. The number of nitrogens with zero attached hydrogens (tertiary/aromatic N) is 3. The third kappa shape index (κ3) is 3.90. The molecular formula is C19H19N5O2S. The Labute approximate surface area is 160 Å². The van der Waals surface area contributed by atoms with Crippen LogP contribution in [0.5, 0.6) is 0 Å². The number of aromatic nitrogens is 3. The summed E-state index contributed by atoms with van der Waals surface area (Å²) in [5.41, 5.74) is 0.777. The number of rotatable bonds is 5. The minimum absolute atomic E-state index is 0.0277. The molecule has 1 aliphatic heterocycles. The summed E-state index contributed by atoms with van der Waals surface area (Å²) >= 11 is 1.43. The molecular weight excluding hydrogens is 362 g/mol. The van der Waals surface area contributed by atoms with Crippen LogP contribution in [0.4, 0.5) is 5.82 Å². The van der Waals surface area contributed by atoms with E-state index in [1.807, 2.05) is 35.2 Å². The van der Waals surface area contributed by atoms with Crippen molar-refractivity contribution >= 4 is 29.0 Å². The predicted molar refractivity (Wildman–Crippen MR) is 102 cm³/mol. The largest absolute Gasteiger partial charge is 0.335 e. The van der Waals surface area contributed by atoms with Crippen molar-refractivity contribution in [2.75, 3.05) is 11.9 Å². The number of carbonyl (C=O) groups excluding carboxylic acids is 2. The number of aromatic amines is 1. The van der Waals surface area contributed by atoms with Gasteiger partial charge in [0.2, 0.25) is 5.91 Å². The number of pyridine rings is 1. The Morgan fingerprint density at radius 2 is 2.15 bits per heavy atom. The van der Waals surface area contributed by atoms with Crippen LogP contribution in [-0.2, 0) is 11.2 Å². The summed E-state index contributed by atoms with van der Waals surface area (Å²) in [6.45, 7) is 0.740. The van der Waals surface area contributed by atoms with Gasteiger partial charge in [0, 0.05) is 29.4 Å². The molecule has 7 nitrogen and oxygen atoms in total. The fraction of sp³-hybridized carbons (Fsp3) is 0.263. The summed E-state index contributed by atoms with van der Waals surface area (Å²) in [5.74, 6) is 0.455. The molecule has 1 atom stereocenters. The summed E-state index contributed by atoms with van der Waals surface area (Å²) < 4.78 is 0. The quantitative estimate of drug-likeness (QED) is 0.711. The van der Waals surface area contributed by atoms with Gasteiger partial charge < -0.3 is 10.2 Å². The van der Waals surface area contributed by atoms with E-state index < -0.39 is 0 Å². The van der Waals surface area contributed by atoms with Crippen LogP contribution < -0.4 is 5.32 Å². The van der Waals surface area contributed by atoms with Gasteiger partial charge in [0.05, 0.1) is 23.5 Å². The van der Waals surface area contributed by atoms with Crippen LogP contribution in [0.15, 0.2) is 48.8 Å². The number of H-pyrrole nitrogens is 1. The minimum Gasteiger partial charge on any atom is -0.335 e. The Morgan fingerprint density at radius 1 is 1.22 bits per heavy atom. The third-order valence-electron chi connectivity index (χ3n) is 4.56. The lowest BCUT2D eigenvalue weighted by atomic mass is 10.1. The molecule has 2 amide bonds. The van der Waals surface area contributed by atoms with Gasteiger partial charge in [-0.3, -0.25) is 19.7 Å². The highest BCUT2D eigenvalue weighted by Crippen LogP contribution is 2.36. The average Bonchev–Trinajstić information content (AvgIpc) is 3.43. The topological polar surface area (TPSA) is 91.0 Å². The van der Waals surface area contributed by atoms with E-state index in [1.54, 1.807) is 18.5 Å². The molecule has 0 aromatic carbocycles. The Balaban J connectivity index is 1.45. The molecule has 1 fully saturated rings. The molecule has 0 radical (unpaired) electrons. The normalized spacial score (nSPS) is 16.4. The minimum atomic E-state index is -0.181. The number of nitrogens with one attached hydrogen (secondary N) is 2. The van der Waals surface area contributed by atoms with Crippen molar-refractivity contribution in [3.63, 3.8) is 0 Å². The van der Waals surface area contributed by atoms with Crippen LogP contribution >= 0.6 is 11.3 Å². The summed E-state index contributed by atoms with van der Waals surface area (Å²) in [6.07, 6.45) is 5.46. The molecule has 4 heterocycles. The molecule has 1 saturated heterocycles.